The summed E-state index contributed by atoms with van der Waals surface area (Å²) < 4.78 is 11.2. The summed E-state index contributed by atoms with van der Waals surface area (Å²) in [6.07, 6.45) is 4.05. The molecule has 7 rings (SSSR count). The second-order valence-electron chi connectivity index (χ2n) is 9.30. The predicted octanol–water partition coefficient (Wildman–Crippen LogP) is 5.64. The fraction of sp³-hybridized carbons (Fsp3) is 0.357. The first-order valence-corrected chi connectivity index (χ1v) is 11.9. The number of anilines is 1. The molecule has 2 atom stereocenters. The molecule has 0 radical (unpaired) electrons. The first-order valence-electron chi connectivity index (χ1n) is 11.9. The molecular weight excluding hydrogens is 396 g/mol. The number of para-hydroxylation sites is 1. The van der Waals surface area contributed by atoms with Gasteiger partial charge < -0.3 is 14.8 Å². The van der Waals surface area contributed by atoms with Crippen LogP contribution in [0.25, 0.3) is 0 Å². The van der Waals surface area contributed by atoms with Crippen molar-refractivity contribution < 1.29 is 9.47 Å². The summed E-state index contributed by atoms with van der Waals surface area (Å²) in [6.45, 7) is 3.51. The number of nitrogens with one attached hydrogen (secondary N) is 1. The van der Waals surface area contributed by atoms with Gasteiger partial charge in [0.15, 0.2) is 11.5 Å². The van der Waals surface area contributed by atoms with Crippen LogP contribution >= 0.6 is 0 Å². The maximum atomic E-state index is 5.68. The van der Waals surface area contributed by atoms with Gasteiger partial charge in [0.25, 0.3) is 0 Å². The second-order valence-corrected chi connectivity index (χ2v) is 9.30. The van der Waals surface area contributed by atoms with Gasteiger partial charge in [-0.1, -0.05) is 54.6 Å². The molecule has 3 aromatic carbocycles. The SMILES string of the molecule is c1ccc(C(c2cccc(NCc3cccc4c3OCO4)c2)[C@H]2CC3CCN2CC3)cc1. The van der Waals surface area contributed by atoms with Crippen molar-refractivity contribution in [1.29, 1.82) is 0 Å². The lowest BCUT2D eigenvalue weighted by atomic mass is 9.74. The predicted molar refractivity (Wildman–Crippen MR) is 127 cm³/mol. The quantitative estimate of drug-likeness (QED) is 0.553. The van der Waals surface area contributed by atoms with Crippen LogP contribution in [-0.2, 0) is 6.54 Å². The van der Waals surface area contributed by atoms with Crippen molar-refractivity contribution in [2.75, 3.05) is 25.2 Å². The summed E-state index contributed by atoms with van der Waals surface area (Å²) in [7, 11) is 0. The molecule has 32 heavy (non-hydrogen) atoms. The Balaban J connectivity index is 1.28. The molecule has 0 amide bonds. The third-order valence-corrected chi connectivity index (χ3v) is 7.44. The molecule has 1 unspecified atom stereocenters. The van der Waals surface area contributed by atoms with Crippen LogP contribution in [0.4, 0.5) is 5.69 Å². The average Bonchev–Trinajstić information content (AvgIpc) is 3.34. The standard InChI is InChI=1S/C28H30N2O2/c1-2-6-21(7-3-1)27(25-16-20-12-14-30(25)15-13-20)22-8-4-10-24(17-22)29-18-23-9-5-11-26-28(23)32-19-31-26/h1-11,17,20,25,27,29H,12-16,18-19H2/t25-,27?/m1/s1. The summed E-state index contributed by atoms with van der Waals surface area (Å²) in [5, 5.41) is 3.63. The van der Waals surface area contributed by atoms with Gasteiger partial charge in [-0.3, -0.25) is 4.90 Å². The Labute approximate surface area is 190 Å². The molecule has 1 N–H and O–H groups in total. The van der Waals surface area contributed by atoms with Gasteiger partial charge in [0.05, 0.1) is 0 Å². The van der Waals surface area contributed by atoms with Gasteiger partial charge in [0, 0.05) is 29.8 Å². The van der Waals surface area contributed by atoms with E-state index < -0.39 is 0 Å². The van der Waals surface area contributed by atoms with E-state index >= 15 is 0 Å². The van der Waals surface area contributed by atoms with E-state index in [-0.39, 0.29) is 0 Å². The van der Waals surface area contributed by atoms with Crippen LogP contribution in [0.1, 0.15) is 41.9 Å². The largest absolute Gasteiger partial charge is 0.454 e. The van der Waals surface area contributed by atoms with Crippen LogP contribution in [0.3, 0.4) is 0 Å². The highest BCUT2D eigenvalue weighted by atomic mass is 16.7. The number of nitrogens with zero attached hydrogens (tertiary/aromatic N) is 1. The molecular formula is C28H30N2O2. The number of rotatable bonds is 6. The topological polar surface area (TPSA) is 33.7 Å². The smallest absolute Gasteiger partial charge is 0.231 e. The molecule has 0 aliphatic carbocycles. The Bertz CT molecular complexity index is 1080. The zero-order chi connectivity index (χ0) is 21.3. The van der Waals surface area contributed by atoms with Crippen molar-refractivity contribution in [3.63, 3.8) is 0 Å². The number of benzene rings is 3. The lowest BCUT2D eigenvalue weighted by Gasteiger charge is -2.48. The molecule has 0 spiro atoms. The van der Waals surface area contributed by atoms with Crippen LogP contribution in [-0.4, -0.2) is 30.8 Å². The van der Waals surface area contributed by atoms with Gasteiger partial charge in [0.2, 0.25) is 6.79 Å². The fourth-order valence-electron chi connectivity index (χ4n) is 5.82. The van der Waals surface area contributed by atoms with Gasteiger partial charge in [-0.25, -0.2) is 0 Å². The van der Waals surface area contributed by atoms with E-state index in [1.807, 2.05) is 12.1 Å². The lowest BCUT2D eigenvalue weighted by molar-refractivity contribution is 0.0411. The van der Waals surface area contributed by atoms with E-state index in [4.69, 9.17) is 9.47 Å². The number of fused-ring (bicyclic) bond motifs is 4. The summed E-state index contributed by atoms with van der Waals surface area (Å²) >= 11 is 0. The zero-order valence-electron chi connectivity index (χ0n) is 18.4. The number of hydrogen-bond donors (Lipinski definition) is 1. The third-order valence-electron chi connectivity index (χ3n) is 7.44. The summed E-state index contributed by atoms with van der Waals surface area (Å²) in [5.74, 6) is 2.99. The fourth-order valence-corrected chi connectivity index (χ4v) is 5.82. The summed E-state index contributed by atoms with van der Waals surface area (Å²) in [4.78, 5) is 2.74. The minimum atomic E-state index is 0.305. The first kappa shape index (κ1) is 19.7. The highest BCUT2D eigenvalue weighted by molar-refractivity contribution is 5.53. The van der Waals surface area contributed by atoms with Crippen molar-refractivity contribution in [2.24, 2.45) is 5.92 Å². The molecule has 3 saturated heterocycles. The second kappa shape index (κ2) is 8.51. The highest BCUT2D eigenvalue weighted by Gasteiger charge is 2.39. The molecule has 4 heteroatoms. The van der Waals surface area contributed by atoms with Crippen LogP contribution in [0.2, 0.25) is 0 Å². The zero-order valence-corrected chi connectivity index (χ0v) is 18.4. The van der Waals surface area contributed by atoms with Gasteiger partial charge in [-0.05, 0) is 67.6 Å². The third kappa shape index (κ3) is 3.73. The van der Waals surface area contributed by atoms with Crippen molar-refractivity contribution in [1.82, 2.24) is 4.90 Å². The van der Waals surface area contributed by atoms with Gasteiger partial charge in [0.1, 0.15) is 0 Å². The Hall–Kier alpha value is -2.98. The van der Waals surface area contributed by atoms with Crippen LogP contribution in [0.5, 0.6) is 11.5 Å². The highest BCUT2D eigenvalue weighted by Crippen LogP contribution is 2.42. The maximum Gasteiger partial charge on any atom is 0.231 e. The van der Waals surface area contributed by atoms with Gasteiger partial charge >= 0.3 is 0 Å². The molecule has 4 heterocycles. The molecule has 3 fully saturated rings. The normalized spacial score (nSPS) is 24.3. The van der Waals surface area contributed by atoms with Crippen molar-refractivity contribution >= 4 is 5.69 Å². The molecule has 4 aliphatic rings. The molecule has 0 aromatic heterocycles. The van der Waals surface area contributed by atoms with Crippen LogP contribution < -0.4 is 14.8 Å². The molecule has 3 aromatic rings. The van der Waals surface area contributed by atoms with Crippen molar-refractivity contribution in [2.45, 2.75) is 37.8 Å². The number of ether oxygens (including phenoxy) is 2. The molecule has 0 saturated carbocycles. The molecule has 4 nitrogen and oxygen atoms in total. The lowest BCUT2D eigenvalue weighted by Crippen LogP contribution is -2.51. The summed E-state index contributed by atoms with van der Waals surface area (Å²) in [5.41, 5.74) is 5.10. The molecule has 4 aliphatic heterocycles. The summed E-state index contributed by atoms with van der Waals surface area (Å²) in [6, 6.07) is 26.8. The minimum Gasteiger partial charge on any atom is -0.454 e. The monoisotopic (exact) mass is 426 g/mol. The Kier molecular flexibility index (Phi) is 5.24. The van der Waals surface area contributed by atoms with Gasteiger partial charge in [-0.2, -0.15) is 0 Å². The Morgan fingerprint density at radius 3 is 2.50 bits per heavy atom. The van der Waals surface area contributed by atoms with E-state index in [2.05, 4.69) is 70.9 Å². The number of hydrogen-bond acceptors (Lipinski definition) is 4. The van der Waals surface area contributed by atoms with Crippen LogP contribution in [0.15, 0.2) is 72.8 Å². The number of piperidine rings is 3. The van der Waals surface area contributed by atoms with E-state index in [9.17, 15) is 0 Å². The minimum absolute atomic E-state index is 0.305. The Morgan fingerprint density at radius 2 is 1.69 bits per heavy atom. The van der Waals surface area contributed by atoms with Crippen molar-refractivity contribution in [3.05, 3.63) is 89.5 Å². The Morgan fingerprint density at radius 1 is 0.875 bits per heavy atom. The van der Waals surface area contributed by atoms with Gasteiger partial charge in [-0.15, -0.1) is 0 Å². The van der Waals surface area contributed by atoms with E-state index in [1.54, 1.807) is 0 Å². The molecule has 164 valence electrons. The van der Waals surface area contributed by atoms with E-state index in [0.717, 1.165) is 28.7 Å². The van der Waals surface area contributed by atoms with Crippen molar-refractivity contribution in [3.8, 4) is 11.5 Å². The van der Waals surface area contributed by atoms with Crippen LogP contribution in [0, 0.1) is 5.92 Å². The molecule has 2 bridgehead atoms. The van der Waals surface area contributed by atoms with E-state index in [0.29, 0.717) is 25.3 Å². The first-order chi connectivity index (χ1) is 15.8. The average molecular weight is 427 g/mol. The maximum absolute atomic E-state index is 5.68. The van der Waals surface area contributed by atoms with E-state index in [1.165, 1.54) is 43.5 Å².